The SMILES string of the molecule is COc1cccc2c1CC(c1nc(N)nc3scc(C)c13)C2. The fourth-order valence-corrected chi connectivity index (χ4v) is 4.37. The molecule has 112 valence electrons. The topological polar surface area (TPSA) is 61.0 Å². The highest BCUT2D eigenvalue weighted by Crippen LogP contribution is 2.41. The molecule has 0 radical (unpaired) electrons. The maximum atomic E-state index is 5.92. The Morgan fingerprint density at radius 3 is 2.95 bits per heavy atom. The fraction of sp³-hybridized carbons (Fsp3) is 0.294. The van der Waals surface area contributed by atoms with E-state index in [0.717, 1.165) is 29.1 Å². The lowest BCUT2D eigenvalue weighted by Gasteiger charge is -2.11. The molecule has 1 aliphatic rings. The minimum atomic E-state index is 0.340. The van der Waals surface area contributed by atoms with Gasteiger partial charge in [-0.05, 0) is 47.9 Å². The van der Waals surface area contributed by atoms with Gasteiger partial charge in [-0.2, -0.15) is 0 Å². The number of benzene rings is 1. The molecule has 0 saturated heterocycles. The summed E-state index contributed by atoms with van der Waals surface area (Å²) in [6.07, 6.45) is 1.92. The molecule has 1 unspecified atom stereocenters. The molecule has 2 heterocycles. The number of thiophene rings is 1. The van der Waals surface area contributed by atoms with Gasteiger partial charge in [0.1, 0.15) is 10.6 Å². The molecule has 1 atom stereocenters. The first-order valence-corrected chi connectivity index (χ1v) is 8.21. The molecule has 5 heteroatoms. The molecule has 4 rings (SSSR count). The molecule has 0 bridgehead atoms. The summed E-state index contributed by atoms with van der Waals surface area (Å²) in [6.45, 7) is 2.12. The second-order valence-corrected chi connectivity index (χ2v) is 6.63. The van der Waals surface area contributed by atoms with Crippen LogP contribution in [0.15, 0.2) is 23.6 Å². The Hall–Kier alpha value is -2.14. The predicted molar refractivity (Wildman–Crippen MR) is 89.7 cm³/mol. The highest BCUT2D eigenvalue weighted by molar-refractivity contribution is 7.17. The first-order valence-electron chi connectivity index (χ1n) is 7.33. The first-order chi connectivity index (χ1) is 10.7. The van der Waals surface area contributed by atoms with E-state index in [2.05, 4.69) is 34.4 Å². The second kappa shape index (κ2) is 4.95. The molecule has 2 aromatic heterocycles. The number of nitrogens with zero attached hydrogens (tertiary/aromatic N) is 2. The van der Waals surface area contributed by atoms with Gasteiger partial charge in [0.2, 0.25) is 5.95 Å². The zero-order valence-electron chi connectivity index (χ0n) is 12.6. The van der Waals surface area contributed by atoms with Crippen LogP contribution in [0.2, 0.25) is 0 Å². The number of nitrogen functional groups attached to an aromatic ring is 1. The van der Waals surface area contributed by atoms with E-state index in [0.29, 0.717) is 11.9 Å². The van der Waals surface area contributed by atoms with E-state index in [4.69, 9.17) is 10.5 Å². The third kappa shape index (κ3) is 1.96. The minimum absolute atomic E-state index is 0.340. The summed E-state index contributed by atoms with van der Waals surface area (Å²) >= 11 is 1.64. The molecule has 0 saturated carbocycles. The first kappa shape index (κ1) is 13.5. The maximum absolute atomic E-state index is 5.92. The standard InChI is InChI=1S/C17H17N3OS/c1-9-8-22-16-14(9)15(19-17(18)20-16)11-6-10-4-3-5-13(21-2)12(10)7-11/h3-5,8,11H,6-7H2,1-2H3,(H2,18,19,20). The van der Waals surface area contributed by atoms with Crippen LogP contribution in [0.4, 0.5) is 5.95 Å². The number of aromatic nitrogens is 2. The van der Waals surface area contributed by atoms with E-state index in [1.165, 1.54) is 22.1 Å². The molecule has 22 heavy (non-hydrogen) atoms. The molecule has 1 aromatic carbocycles. The van der Waals surface area contributed by atoms with Crippen LogP contribution in [-0.2, 0) is 12.8 Å². The van der Waals surface area contributed by atoms with Crippen molar-refractivity contribution in [2.24, 2.45) is 0 Å². The van der Waals surface area contributed by atoms with Crippen molar-refractivity contribution in [2.45, 2.75) is 25.7 Å². The van der Waals surface area contributed by atoms with Crippen LogP contribution in [0, 0.1) is 6.92 Å². The van der Waals surface area contributed by atoms with E-state index in [-0.39, 0.29) is 0 Å². The maximum Gasteiger partial charge on any atom is 0.221 e. The molecular formula is C17H17N3OS. The zero-order valence-corrected chi connectivity index (χ0v) is 13.4. The summed E-state index contributed by atoms with van der Waals surface area (Å²) in [5, 5.41) is 3.31. The lowest BCUT2D eigenvalue weighted by Crippen LogP contribution is -2.06. The summed E-state index contributed by atoms with van der Waals surface area (Å²) in [6, 6.07) is 6.26. The van der Waals surface area contributed by atoms with E-state index in [1.807, 2.05) is 6.07 Å². The highest BCUT2D eigenvalue weighted by atomic mass is 32.1. The summed E-state index contributed by atoms with van der Waals surface area (Å²) in [5.41, 5.74) is 10.9. The van der Waals surface area contributed by atoms with E-state index < -0.39 is 0 Å². The zero-order chi connectivity index (χ0) is 15.3. The van der Waals surface area contributed by atoms with Crippen LogP contribution in [0.25, 0.3) is 10.2 Å². The molecular weight excluding hydrogens is 294 g/mol. The molecule has 3 aromatic rings. The van der Waals surface area contributed by atoms with Gasteiger partial charge >= 0.3 is 0 Å². The predicted octanol–water partition coefficient (Wildman–Crippen LogP) is 3.47. The van der Waals surface area contributed by atoms with Crippen LogP contribution in [-0.4, -0.2) is 17.1 Å². The van der Waals surface area contributed by atoms with Crippen LogP contribution < -0.4 is 10.5 Å². The summed E-state index contributed by atoms with van der Waals surface area (Å²) in [4.78, 5) is 9.95. The Kier molecular flexibility index (Phi) is 3.04. The Morgan fingerprint density at radius 2 is 2.14 bits per heavy atom. The lowest BCUT2D eigenvalue weighted by atomic mass is 9.98. The largest absolute Gasteiger partial charge is 0.496 e. The third-order valence-corrected chi connectivity index (χ3v) is 5.41. The third-order valence-electron chi connectivity index (χ3n) is 4.42. The molecule has 0 amide bonds. The number of anilines is 1. The number of ether oxygens (including phenoxy) is 1. The molecule has 0 fully saturated rings. The average Bonchev–Trinajstić information content (AvgIpc) is 3.10. The number of methoxy groups -OCH3 is 1. The van der Waals surface area contributed by atoms with Gasteiger partial charge in [0.25, 0.3) is 0 Å². The van der Waals surface area contributed by atoms with Gasteiger partial charge in [0, 0.05) is 11.3 Å². The Morgan fingerprint density at radius 1 is 1.27 bits per heavy atom. The van der Waals surface area contributed by atoms with Crippen molar-refractivity contribution in [3.63, 3.8) is 0 Å². The lowest BCUT2D eigenvalue weighted by molar-refractivity contribution is 0.410. The van der Waals surface area contributed by atoms with Crippen LogP contribution in [0.1, 0.15) is 28.3 Å². The molecule has 0 aliphatic heterocycles. The molecule has 4 nitrogen and oxygen atoms in total. The number of rotatable bonds is 2. The van der Waals surface area contributed by atoms with Gasteiger partial charge in [-0.3, -0.25) is 0 Å². The van der Waals surface area contributed by atoms with Crippen molar-refractivity contribution >= 4 is 27.5 Å². The molecule has 0 spiro atoms. The normalized spacial score (nSPS) is 16.9. The Bertz CT molecular complexity index is 872. The van der Waals surface area contributed by atoms with Crippen LogP contribution in [0.5, 0.6) is 5.75 Å². The van der Waals surface area contributed by atoms with Gasteiger partial charge in [0.05, 0.1) is 12.8 Å². The molecule has 1 aliphatic carbocycles. The van der Waals surface area contributed by atoms with Gasteiger partial charge in [0.15, 0.2) is 0 Å². The summed E-state index contributed by atoms with van der Waals surface area (Å²) in [7, 11) is 1.73. The number of fused-ring (bicyclic) bond motifs is 2. The average molecular weight is 311 g/mol. The van der Waals surface area contributed by atoms with E-state index in [1.54, 1.807) is 18.4 Å². The Balaban J connectivity index is 1.83. The fourth-order valence-electron chi connectivity index (χ4n) is 3.43. The van der Waals surface area contributed by atoms with Crippen molar-refractivity contribution in [1.29, 1.82) is 0 Å². The van der Waals surface area contributed by atoms with Crippen molar-refractivity contribution < 1.29 is 4.74 Å². The molecule has 2 N–H and O–H groups in total. The van der Waals surface area contributed by atoms with Crippen molar-refractivity contribution in [1.82, 2.24) is 9.97 Å². The van der Waals surface area contributed by atoms with Crippen molar-refractivity contribution in [3.05, 3.63) is 46.0 Å². The van der Waals surface area contributed by atoms with E-state index >= 15 is 0 Å². The van der Waals surface area contributed by atoms with Gasteiger partial charge in [-0.1, -0.05) is 12.1 Å². The van der Waals surface area contributed by atoms with Crippen LogP contribution >= 0.6 is 11.3 Å². The monoisotopic (exact) mass is 311 g/mol. The smallest absolute Gasteiger partial charge is 0.221 e. The van der Waals surface area contributed by atoms with E-state index in [9.17, 15) is 0 Å². The van der Waals surface area contributed by atoms with Crippen LogP contribution in [0.3, 0.4) is 0 Å². The highest BCUT2D eigenvalue weighted by Gasteiger charge is 2.29. The van der Waals surface area contributed by atoms with Gasteiger partial charge in [-0.25, -0.2) is 9.97 Å². The Labute approximate surface area is 133 Å². The second-order valence-electron chi connectivity index (χ2n) is 5.77. The summed E-state index contributed by atoms with van der Waals surface area (Å²) < 4.78 is 5.51. The number of hydrogen-bond acceptors (Lipinski definition) is 5. The van der Waals surface area contributed by atoms with Crippen molar-refractivity contribution in [3.8, 4) is 5.75 Å². The van der Waals surface area contributed by atoms with Gasteiger partial charge in [-0.15, -0.1) is 11.3 Å². The number of hydrogen-bond donors (Lipinski definition) is 1. The van der Waals surface area contributed by atoms with Gasteiger partial charge < -0.3 is 10.5 Å². The summed E-state index contributed by atoms with van der Waals surface area (Å²) in [5.74, 6) is 1.68. The minimum Gasteiger partial charge on any atom is -0.496 e. The van der Waals surface area contributed by atoms with Crippen molar-refractivity contribution in [2.75, 3.05) is 12.8 Å². The number of aryl methyl sites for hydroxylation is 1. The quantitative estimate of drug-likeness (QED) is 0.787. The number of nitrogens with two attached hydrogens (primary N) is 1.